The summed E-state index contributed by atoms with van der Waals surface area (Å²) < 4.78 is 0. The predicted octanol–water partition coefficient (Wildman–Crippen LogP) is 1.13. The molecule has 2 rings (SSSR count). The van der Waals surface area contributed by atoms with Crippen molar-refractivity contribution in [3.8, 4) is 0 Å². The lowest BCUT2D eigenvalue weighted by Gasteiger charge is -2.10. The molecule has 0 radical (unpaired) electrons. The molecule has 2 heterocycles. The van der Waals surface area contributed by atoms with Gasteiger partial charge in [-0.3, -0.25) is 4.79 Å². The summed E-state index contributed by atoms with van der Waals surface area (Å²) in [6.45, 7) is 2.93. The van der Waals surface area contributed by atoms with Crippen molar-refractivity contribution in [1.82, 2.24) is 15.1 Å². The monoisotopic (exact) mass is 240 g/mol. The number of likely N-dealkylation sites (tertiary alicyclic amines) is 1. The number of nitrogens with one attached hydrogen (secondary N) is 1. The molecular weight excluding hydrogens is 224 g/mol. The van der Waals surface area contributed by atoms with E-state index < -0.39 is 0 Å². The van der Waals surface area contributed by atoms with E-state index in [4.69, 9.17) is 0 Å². The number of hydrogen-bond acceptors (Lipinski definition) is 5. The highest BCUT2D eigenvalue weighted by Gasteiger charge is 2.29. The van der Waals surface area contributed by atoms with E-state index in [1.54, 1.807) is 16.2 Å². The summed E-state index contributed by atoms with van der Waals surface area (Å²) in [5.74, 6) is 0.146. The van der Waals surface area contributed by atoms with Crippen molar-refractivity contribution >= 4 is 22.4 Å². The van der Waals surface area contributed by atoms with Crippen LogP contribution in [-0.2, 0) is 11.2 Å². The van der Waals surface area contributed by atoms with Crippen LogP contribution in [0.2, 0.25) is 0 Å². The lowest BCUT2D eigenvalue weighted by molar-refractivity contribution is -0.127. The van der Waals surface area contributed by atoms with Gasteiger partial charge in [0.05, 0.1) is 0 Å². The van der Waals surface area contributed by atoms with E-state index in [0.29, 0.717) is 0 Å². The molecule has 1 aliphatic rings. The summed E-state index contributed by atoms with van der Waals surface area (Å²) in [4.78, 5) is 13.4. The van der Waals surface area contributed by atoms with Gasteiger partial charge in [-0.15, -0.1) is 10.2 Å². The maximum atomic E-state index is 11.7. The van der Waals surface area contributed by atoms with E-state index in [0.717, 1.165) is 35.9 Å². The zero-order valence-corrected chi connectivity index (χ0v) is 10.4. The van der Waals surface area contributed by atoms with Crippen molar-refractivity contribution in [3.05, 3.63) is 5.01 Å². The third kappa shape index (κ3) is 2.32. The zero-order chi connectivity index (χ0) is 11.5. The van der Waals surface area contributed by atoms with Crippen LogP contribution in [0.3, 0.4) is 0 Å². The van der Waals surface area contributed by atoms with Crippen LogP contribution < -0.4 is 5.32 Å². The summed E-state index contributed by atoms with van der Waals surface area (Å²) in [6.07, 6.45) is 2.87. The van der Waals surface area contributed by atoms with Crippen molar-refractivity contribution < 1.29 is 4.79 Å². The van der Waals surface area contributed by atoms with Crippen LogP contribution in [0.15, 0.2) is 0 Å². The Bertz CT molecular complexity index is 379. The van der Waals surface area contributed by atoms with Crippen molar-refractivity contribution in [2.45, 2.75) is 32.2 Å². The number of hydrogen-bond donors (Lipinski definition) is 1. The van der Waals surface area contributed by atoms with Gasteiger partial charge in [-0.25, -0.2) is 0 Å². The molecule has 1 fully saturated rings. The summed E-state index contributed by atoms with van der Waals surface area (Å²) in [7, 11) is 1.83. The number of aromatic nitrogens is 2. The van der Waals surface area contributed by atoms with E-state index in [-0.39, 0.29) is 11.9 Å². The summed E-state index contributed by atoms with van der Waals surface area (Å²) in [5, 5.41) is 13.1. The van der Waals surface area contributed by atoms with E-state index >= 15 is 0 Å². The fourth-order valence-corrected chi connectivity index (χ4v) is 2.63. The van der Waals surface area contributed by atoms with Crippen molar-refractivity contribution in [2.24, 2.45) is 0 Å². The quantitative estimate of drug-likeness (QED) is 0.857. The van der Waals surface area contributed by atoms with Crippen LogP contribution in [0.1, 0.15) is 24.8 Å². The lowest BCUT2D eigenvalue weighted by atomic mass is 10.2. The van der Waals surface area contributed by atoms with Gasteiger partial charge in [0.15, 0.2) is 0 Å². The average molecular weight is 240 g/mol. The predicted molar refractivity (Wildman–Crippen MR) is 63.6 cm³/mol. The molecule has 1 atom stereocenters. The minimum atomic E-state index is -0.118. The van der Waals surface area contributed by atoms with Gasteiger partial charge in [0, 0.05) is 20.0 Å². The molecule has 88 valence electrons. The summed E-state index contributed by atoms with van der Waals surface area (Å²) in [5.41, 5.74) is 0. The molecule has 1 aliphatic heterocycles. The first-order valence-corrected chi connectivity index (χ1v) is 6.36. The summed E-state index contributed by atoms with van der Waals surface area (Å²) in [6, 6.07) is -0.118. The Labute approximate surface area is 98.9 Å². The fourth-order valence-electron chi connectivity index (χ4n) is 1.73. The molecule has 0 saturated carbocycles. The molecule has 0 bridgehead atoms. The number of anilines is 1. The van der Waals surface area contributed by atoms with Gasteiger partial charge in [0.25, 0.3) is 0 Å². The van der Waals surface area contributed by atoms with Crippen molar-refractivity contribution in [3.63, 3.8) is 0 Å². The van der Waals surface area contributed by atoms with Gasteiger partial charge < -0.3 is 10.2 Å². The van der Waals surface area contributed by atoms with Crippen LogP contribution in [0.5, 0.6) is 0 Å². The Morgan fingerprint density at radius 1 is 1.56 bits per heavy atom. The second-order valence-electron chi connectivity index (χ2n) is 4.00. The number of aryl methyl sites for hydroxylation is 1. The Kier molecular flexibility index (Phi) is 3.38. The van der Waals surface area contributed by atoms with Crippen LogP contribution in [0, 0.1) is 0 Å². The highest BCUT2D eigenvalue weighted by Crippen LogP contribution is 2.20. The van der Waals surface area contributed by atoms with Gasteiger partial charge in [0.2, 0.25) is 11.0 Å². The Morgan fingerprint density at radius 3 is 3.00 bits per heavy atom. The van der Waals surface area contributed by atoms with Gasteiger partial charge in [0.1, 0.15) is 11.0 Å². The highest BCUT2D eigenvalue weighted by molar-refractivity contribution is 7.15. The molecular formula is C10H16N4OS. The topological polar surface area (TPSA) is 58.1 Å². The minimum absolute atomic E-state index is 0.118. The fraction of sp³-hybridized carbons (Fsp3) is 0.700. The first-order chi connectivity index (χ1) is 7.70. The van der Waals surface area contributed by atoms with Gasteiger partial charge in [-0.1, -0.05) is 18.3 Å². The molecule has 1 saturated heterocycles. The highest BCUT2D eigenvalue weighted by atomic mass is 32.1. The van der Waals surface area contributed by atoms with Crippen molar-refractivity contribution in [2.75, 3.05) is 18.9 Å². The van der Waals surface area contributed by atoms with E-state index in [1.807, 2.05) is 7.05 Å². The van der Waals surface area contributed by atoms with Crippen LogP contribution in [0.25, 0.3) is 0 Å². The number of nitrogens with zero attached hydrogens (tertiary/aromatic N) is 3. The van der Waals surface area contributed by atoms with E-state index in [1.165, 1.54) is 0 Å². The summed E-state index contributed by atoms with van der Waals surface area (Å²) >= 11 is 1.54. The molecule has 1 amide bonds. The maximum absolute atomic E-state index is 11.7. The molecule has 5 nitrogen and oxygen atoms in total. The van der Waals surface area contributed by atoms with Gasteiger partial charge >= 0.3 is 0 Å². The van der Waals surface area contributed by atoms with Crippen molar-refractivity contribution in [1.29, 1.82) is 0 Å². The van der Waals surface area contributed by atoms with Gasteiger partial charge in [-0.05, 0) is 12.8 Å². The standard InChI is InChI=1S/C10H16N4OS/c1-3-4-8-12-13-10(16-8)11-7-5-6-14(2)9(7)15/h7H,3-6H2,1-2H3,(H,11,13)/t7-/m1/s1. The lowest BCUT2D eigenvalue weighted by Crippen LogP contribution is -2.30. The third-order valence-corrected chi connectivity index (χ3v) is 3.57. The molecule has 0 aliphatic carbocycles. The Morgan fingerprint density at radius 2 is 2.38 bits per heavy atom. The number of likely N-dealkylation sites (N-methyl/N-ethyl adjacent to an activating group) is 1. The second kappa shape index (κ2) is 4.78. The van der Waals surface area contributed by atoms with Crippen LogP contribution in [-0.4, -0.2) is 40.6 Å². The zero-order valence-electron chi connectivity index (χ0n) is 9.56. The number of carbonyl (C=O) groups is 1. The third-order valence-electron chi connectivity index (χ3n) is 2.66. The number of carbonyl (C=O) groups excluding carboxylic acids is 1. The normalized spacial score (nSPS) is 20.5. The molecule has 1 aromatic heterocycles. The van der Waals surface area contributed by atoms with Gasteiger partial charge in [-0.2, -0.15) is 0 Å². The molecule has 1 N–H and O–H groups in total. The first-order valence-electron chi connectivity index (χ1n) is 5.54. The average Bonchev–Trinajstić information content (AvgIpc) is 2.82. The van der Waals surface area contributed by atoms with E-state index in [2.05, 4.69) is 22.4 Å². The number of rotatable bonds is 4. The molecule has 6 heteroatoms. The largest absolute Gasteiger partial charge is 0.348 e. The van der Waals surface area contributed by atoms with E-state index in [9.17, 15) is 4.79 Å². The minimum Gasteiger partial charge on any atom is -0.348 e. The molecule has 0 unspecified atom stereocenters. The molecule has 0 aromatic carbocycles. The molecule has 0 spiro atoms. The molecule has 1 aromatic rings. The SMILES string of the molecule is CCCc1nnc(N[C@@H]2CCN(C)C2=O)s1. The molecule has 16 heavy (non-hydrogen) atoms. The smallest absolute Gasteiger partial charge is 0.244 e. The van der Waals surface area contributed by atoms with Crippen LogP contribution in [0.4, 0.5) is 5.13 Å². The number of amides is 1. The maximum Gasteiger partial charge on any atom is 0.244 e. The first kappa shape index (κ1) is 11.3. The Hall–Kier alpha value is -1.17. The Balaban J connectivity index is 1.96. The van der Waals surface area contributed by atoms with Crippen LogP contribution >= 0.6 is 11.3 Å². The second-order valence-corrected chi connectivity index (χ2v) is 5.06.